The summed E-state index contributed by atoms with van der Waals surface area (Å²) in [5.74, 6) is 1.31. The number of hydrogen-bond donors (Lipinski definition) is 0. The molecule has 14 heavy (non-hydrogen) atoms. The standard InChI is InChI=1S/C12H15N2/c1-10(11-6-4-8-13(11)2)12-7-5-9-14(12)3/h4-9H,1-3H3. The summed E-state index contributed by atoms with van der Waals surface area (Å²) in [5.41, 5.74) is 2.54. The summed E-state index contributed by atoms with van der Waals surface area (Å²) in [6, 6.07) is 8.42. The lowest BCUT2D eigenvalue weighted by molar-refractivity contribution is 0.814. The number of hydrogen-bond acceptors (Lipinski definition) is 0. The van der Waals surface area contributed by atoms with E-state index in [1.54, 1.807) is 0 Å². The van der Waals surface area contributed by atoms with Gasteiger partial charge >= 0.3 is 0 Å². The Morgan fingerprint density at radius 2 is 1.36 bits per heavy atom. The van der Waals surface area contributed by atoms with Crippen LogP contribution in [0.1, 0.15) is 18.3 Å². The highest BCUT2D eigenvalue weighted by atomic mass is 15.0. The van der Waals surface area contributed by atoms with Crippen molar-refractivity contribution in [1.29, 1.82) is 0 Å². The topological polar surface area (TPSA) is 9.86 Å². The second-order valence-corrected chi connectivity index (χ2v) is 3.63. The maximum absolute atomic E-state index is 2.16. The molecule has 1 radical (unpaired) electrons. The fourth-order valence-corrected chi connectivity index (χ4v) is 1.83. The van der Waals surface area contributed by atoms with E-state index in [1.165, 1.54) is 17.3 Å². The number of nitrogens with zero attached hydrogens (tertiary/aromatic N) is 2. The van der Waals surface area contributed by atoms with Gasteiger partial charge < -0.3 is 9.13 Å². The molecule has 0 aliphatic carbocycles. The van der Waals surface area contributed by atoms with E-state index < -0.39 is 0 Å². The Bertz CT molecular complexity index is 383. The molecule has 2 heterocycles. The third kappa shape index (κ3) is 1.37. The molecular formula is C12H15N2. The van der Waals surface area contributed by atoms with Gasteiger partial charge in [-0.2, -0.15) is 0 Å². The van der Waals surface area contributed by atoms with Crippen LogP contribution in [-0.2, 0) is 14.1 Å². The van der Waals surface area contributed by atoms with Crippen LogP contribution in [0.3, 0.4) is 0 Å². The van der Waals surface area contributed by atoms with Crippen LogP contribution in [0.15, 0.2) is 36.7 Å². The Labute approximate surface area is 84.8 Å². The number of aryl methyl sites for hydroxylation is 2. The first-order valence-corrected chi connectivity index (χ1v) is 4.77. The van der Waals surface area contributed by atoms with Gasteiger partial charge in [0.2, 0.25) is 0 Å². The molecule has 2 heteroatoms. The van der Waals surface area contributed by atoms with Gasteiger partial charge in [0.25, 0.3) is 0 Å². The van der Waals surface area contributed by atoms with Gasteiger partial charge in [0.1, 0.15) is 0 Å². The van der Waals surface area contributed by atoms with Gasteiger partial charge in [-0.25, -0.2) is 0 Å². The van der Waals surface area contributed by atoms with Crippen molar-refractivity contribution in [2.24, 2.45) is 14.1 Å². The zero-order valence-corrected chi connectivity index (χ0v) is 8.86. The molecule has 2 aromatic rings. The molecule has 0 amide bonds. The van der Waals surface area contributed by atoms with Gasteiger partial charge in [0.05, 0.1) is 5.92 Å². The molecule has 2 aromatic heterocycles. The zero-order valence-electron chi connectivity index (χ0n) is 8.86. The average Bonchev–Trinajstić information content (AvgIpc) is 2.73. The van der Waals surface area contributed by atoms with E-state index in [9.17, 15) is 0 Å². The van der Waals surface area contributed by atoms with Crippen LogP contribution in [0, 0.1) is 5.92 Å². The summed E-state index contributed by atoms with van der Waals surface area (Å²) in [6.45, 7) is 2.16. The Morgan fingerprint density at radius 1 is 0.929 bits per heavy atom. The van der Waals surface area contributed by atoms with Crippen LogP contribution in [0.25, 0.3) is 0 Å². The summed E-state index contributed by atoms with van der Waals surface area (Å²) < 4.78 is 4.28. The van der Waals surface area contributed by atoms with E-state index in [2.05, 4.69) is 66.8 Å². The molecule has 0 bridgehead atoms. The monoisotopic (exact) mass is 187 g/mol. The van der Waals surface area contributed by atoms with E-state index in [-0.39, 0.29) is 0 Å². The van der Waals surface area contributed by atoms with Gasteiger partial charge in [-0.1, -0.05) is 0 Å². The number of aromatic nitrogens is 2. The third-order valence-electron chi connectivity index (χ3n) is 2.66. The second kappa shape index (κ2) is 3.37. The Morgan fingerprint density at radius 3 is 1.64 bits per heavy atom. The molecule has 0 spiro atoms. The number of rotatable bonds is 2. The van der Waals surface area contributed by atoms with Crippen molar-refractivity contribution in [2.45, 2.75) is 6.92 Å². The Kier molecular flexibility index (Phi) is 2.20. The molecule has 0 saturated heterocycles. The van der Waals surface area contributed by atoms with Gasteiger partial charge in [-0.3, -0.25) is 0 Å². The molecular weight excluding hydrogens is 172 g/mol. The van der Waals surface area contributed by atoms with Crippen molar-refractivity contribution in [1.82, 2.24) is 9.13 Å². The highest BCUT2D eigenvalue weighted by molar-refractivity contribution is 5.38. The lowest BCUT2D eigenvalue weighted by Crippen LogP contribution is -2.07. The van der Waals surface area contributed by atoms with Crippen molar-refractivity contribution < 1.29 is 0 Å². The maximum Gasteiger partial charge on any atom is 0.0642 e. The first-order chi connectivity index (χ1) is 6.70. The van der Waals surface area contributed by atoms with Crippen LogP contribution < -0.4 is 0 Å². The van der Waals surface area contributed by atoms with Gasteiger partial charge in [-0.05, 0) is 31.2 Å². The normalized spacial score (nSPS) is 11.1. The Balaban J connectivity index is 2.38. The quantitative estimate of drug-likeness (QED) is 0.683. The van der Waals surface area contributed by atoms with Crippen molar-refractivity contribution >= 4 is 0 Å². The van der Waals surface area contributed by atoms with E-state index in [4.69, 9.17) is 0 Å². The molecule has 0 aromatic carbocycles. The summed E-state index contributed by atoms with van der Waals surface area (Å²) >= 11 is 0. The van der Waals surface area contributed by atoms with Crippen LogP contribution in [0.4, 0.5) is 0 Å². The molecule has 0 aliphatic rings. The minimum Gasteiger partial charge on any atom is -0.354 e. The third-order valence-corrected chi connectivity index (χ3v) is 2.66. The maximum atomic E-state index is 2.16. The van der Waals surface area contributed by atoms with Crippen molar-refractivity contribution in [3.05, 3.63) is 54.0 Å². The van der Waals surface area contributed by atoms with E-state index in [1.807, 2.05) is 0 Å². The second-order valence-electron chi connectivity index (χ2n) is 3.63. The molecule has 0 unspecified atom stereocenters. The van der Waals surface area contributed by atoms with Crippen molar-refractivity contribution in [3.8, 4) is 0 Å². The van der Waals surface area contributed by atoms with E-state index in [0.717, 1.165) is 0 Å². The molecule has 0 atom stereocenters. The highest BCUT2D eigenvalue weighted by Crippen LogP contribution is 2.22. The molecule has 2 nitrogen and oxygen atoms in total. The van der Waals surface area contributed by atoms with E-state index >= 15 is 0 Å². The van der Waals surface area contributed by atoms with Crippen molar-refractivity contribution in [3.63, 3.8) is 0 Å². The van der Waals surface area contributed by atoms with Crippen LogP contribution in [-0.4, -0.2) is 9.13 Å². The van der Waals surface area contributed by atoms with E-state index in [0.29, 0.717) is 0 Å². The lowest BCUT2D eigenvalue weighted by atomic mass is 10.0. The minimum absolute atomic E-state index is 1.27. The van der Waals surface area contributed by atoms with Crippen molar-refractivity contribution in [2.75, 3.05) is 0 Å². The van der Waals surface area contributed by atoms with Crippen LogP contribution in [0.5, 0.6) is 0 Å². The predicted molar refractivity (Wildman–Crippen MR) is 57.9 cm³/mol. The first kappa shape index (κ1) is 9.13. The first-order valence-electron chi connectivity index (χ1n) is 4.77. The summed E-state index contributed by atoms with van der Waals surface area (Å²) in [5, 5.41) is 0. The fourth-order valence-electron chi connectivity index (χ4n) is 1.83. The highest BCUT2D eigenvalue weighted by Gasteiger charge is 2.13. The molecule has 0 fully saturated rings. The van der Waals surface area contributed by atoms with Crippen LogP contribution >= 0.6 is 0 Å². The fraction of sp³-hybridized carbons (Fsp3) is 0.250. The minimum atomic E-state index is 1.27. The van der Waals surface area contributed by atoms with Gasteiger partial charge in [-0.15, -0.1) is 0 Å². The zero-order chi connectivity index (χ0) is 10.1. The largest absolute Gasteiger partial charge is 0.354 e. The summed E-state index contributed by atoms with van der Waals surface area (Å²) in [4.78, 5) is 0. The SMILES string of the molecule is C[C](c1cccn1C)c1cccn1C. The molecule has 0 saturated carbocycles. The molecule has 0 N–H and O–H groups in total. The predicted octanol–water partition coefficient (Wildman–Crippen LogP) is 2.35. The summed E-state index contributed by atoms with van der Waals surface area (Å²) in [6.07, 6.45) is 4.14. The molecule has 73 valence electrons. The Hall–Kier alpha value is -1.44. The van der Waals surface area contributed by atoms with Gasteiger partial charge in [0, 0.05) is 37.9 Å². The summed E-state index contributed by atoms with van der Waals surface area (Å²) in [7, 11) is 4.14. The van der Waals surface area contributed by atoms with Gasteiger partial charge in [0.15, 0.2) is 0 Å². The lowest BCUT2D eigenvalue weighted by Gasteiger charge is -2.13. The van der Waals surface area contributed by atoms with Crippen LogP contribution in [0.2, 0.25) is 0 Å². The molecule has 2 rings (SSSR count). The smallest absolute Gasteiger partial charge is 0.0642 e. The molecule has 0 aliphatic heterocycles. The average molecular weight is 187 g/mol.